The number of nitrogens with one attached hydrogen (secondary N) is 1. The summed E-state index contributed by atoms with van der Waals surface area (Å²) in [4.78, 5) is 30.2. The molecule has 0 aromatic carbocycles. The zero-order valence-corrected chi connectivity index (χ0v) is 18.1. The molecule has 0 spiro atoms. The second kappa shape index (κ2) is 8.42. The van der Waals surface area contributed by atoms with Gasteiger partial charge < -0.3 is 14.8 Å². The van der Waals surface area contributed by atoms with Crippen molar-refractivity contribution < 1.29 is 19.1 Å². The van der Waals surface area contributed by atoms with Crippen molar-refractivity contribution in [3.63, 3.8) is 0 Å². The van der Waals surface area contributed by atoms with Gasteiger partial charge in [0.15, 0.2) is 5.78 Å². The molecule has 3 aliphatic rings. The van der Waals surface area contributed by atoms with E-state index in [4.69, 9.17) is 9.47 Å². The molecule has 3 heterocycles. The van der Waals surface area contributed by atoms with Gasteiger partial charge in [-0.25, -0.2) is 4.79 Å². The van der Waals surface area contributed by atoms with Crippen molar-refractivity contribution in [1.29, 1.82) is 0 Å². The molecule has 1 aromatic rings. The summed E-state index contributed by atoms with van der Waals surface area (Å²) < 4.78 is 10.6. The number of morpholine rings is 1. The van der Waals surface area contributed by atoms with Gasteiger partial charge in [-0.15, -0.1) is 11.3 Å². The predicted molar refractivity (Wildman–Crippen MR) is 112 cm³/mol. The van der Waals surface area contributed by atoms with E-state index >= 15 is 0 Å². The van der Waals surface area contributed by atoms with Crippen molar-refractivity contribution in [2.24, 2.45) is 0 Å². The Bertz CT molecular complexity index is 893. The van der Waals surface area contributed by atoms with Gasteiger partial charge in [-0.2, -0.15) is 0 Å². The van der Waals surface area contributed by atoms with Crippen molar-refractivity contribution in [1.82, 2.24) is 10.2 Å². The van der Waals surface area contributed by atoms with Gasteiger partial charge in [0.25, 0.3) is 0 Å². The lowest BCUT2D eigenvalue weighted by Crippen LogP contribution is -2.35. The number of allylic oxidation sites excluding steroid dienone is 3. The zero-order chi connectivity index (χ0) is 20.5. The highest BCUT2D eigenvalue weighted by Crippen LogP contribution is 2.45. The Labute approximate surface area is 175 Å². The first-order chi connectivity index (χ1) is 14.0. The molecule has 1 aliphatic carbocycles. The molecule has 1 N–H and O–H groups in total. The highest BCUT2D eigenvalue weighted by atomic mass is 32.1. The van der Waals surface area contributed by atoms with Crippen molar-refractivity contribution in [2.45, 2.75) is 45.6 Å². The van der Waals surface area contributed by atoms with Crippen molar-refractivity contribution in [2.75, 3.05) is 33.4 Å². The number of aryl methyl sites for hydroxylation is 1. The van der Waals surface area contributed by atoms with Crippen LogP contribution in [0, 0.1) is 6.92 Å². The molecule has 1 fully saturated rings. The molecule has 0 bridgehead atoms. The van der Waals surface area contributed by atoms with E-state index in [1.807, 2.05) is 6.92 Å². The first-order valence-electron chi connectivity index (χ1n) is 10.2. The number of dihydropyridines is 1. The summed E-state index contributed by atoms with van der Waals surface area (Å²) in [7, 11) is 1.40. The van der Waals surface area contributed by atoms with Crippen LogP contribution >= 0.6 is 11.3 Å². The smallest absolute Gasteiger partial charge is 0.336 e. The number of esters is 1. The van der Waals surface area contributed by atoms with Crippen LogP contribution in [0.3, 0.4) is 0 Å². The van der Waals surface area contributed by atoms with Gasteiger partial charge in [0.1, 0.15) is 0 Å². The van der Waals surface area contributed by atoms with Gasteiger partial charge in [0, 0.05) is 52.8 Å². The summed E-state index contributed by atoms with van der Waals surface area (Å²) in [6, 6.07) is 2.19. The van der Waals surface area contributed by atoms with E-state index in [9.17, 15) is 9.59 Å². The molecule has 1 atom stereocenters. The third kappa shape index (κ3) is 3.91. The number of carbonyl (C=O) groups excluding carboxylic acids is 2. The quantitative estimate of drug-likeness (QED) is 0.761. The highest BCUT2D eigenvalue weighted by Gasteiger charge is 2.39. The minimum atomic E-state index is -0.370. The molecule has 1 aromatic heterocycles. The van der Waals surface area contributed by atoms with Crippen LogP contribution in [0.5, 0.6) is 0 Å². The third-order valence-corrected chi connectivity index (χ3v) is 7.16. The minimum absolute atomic E-state index is 0.137. The molecular weight excluding hydrogens is 388 g/mol. The fraction of sp³-hybridized carbons (Fsp3) is 0.545. The van der Waals surface area contributed by atoms with E-state index in [2.05, 4.69) is 23.2 Å². The maximum absolute atomic E-state index is 12.9. The molecule has 0 radical (unpaired) electrons. The van der Waals surface area contributed by atoms with Crippen molar-refractivity contribution >= 4 is 23.1 Å². The molecule has 4 rings (SSSR count). The number of carbonyl (C=O) groups is 2. The molecule has 0 amide bonds. The number of methoxy groups -OCH3 is 1. The zero-order valence-electron chi connectivity index (χ0n) is 17.3. The van der Waals surface area contributed by atoms with E-state index in [1.54, 1.807) is 11.3 Å². The fourth-order valence-electron chi connectivity index (χ4n) is 4.49. The number of ketones is 1. The minimum Gasteiger partial charge on any atom is -0.466 e. The largest absolute Gasteiger partial charge is 0.466 e. The lowest BCUT2D eigenvalue weighted by molar-refractivity contribution is -0.136. The summed E-state index contributed by atoms with van der Waals surface area (Å²) in [5.74, 6) is -0.571. The monoisotopic (exact) mass is 416 g/mol. The lowest BCUT2D eigenvalue weighted by Gasteiger charge is -2.33. The van der Waals surface area contributed by atoms with E-state index in [0.717, 1.165) is 67.5 Å². The fourth-order valence-corrected chi connectivity index (χ4v) is 5.66. The van der Waals surface area contributed by atoms with Gasteiger partial charge >= 0.3 is 5.97 Å². The van der Waals surface area contributed by atoms with Crippen molar-refractivity contribution in [3.05, 3.63) is 43.9 Å². The van der Waals surface area contributed by atoms with Crippen LogP contribution < -0.4 is 5.32 Å². The molecule has 0 unspecified atom stereocenters. The maximum Gasteiger partial charge on any atom is 0.336 e. The Hall–Kier alpha value is -1.96. The van der Waals surface area contributed by atoms with Gasteiger partial charge in [0.2, 0.25) is 0 Å². The van der Waals surface area contributed by atoms with Crippen LogP contribution in [0.25, 0.3) is 0 Å². The molecule has 6 nitrogen and oxygen atoms in total. The lowest BCUT2D eigenvalue weighted by atomic mass is 9.78. The number of ether oxygens (including phenoxy) is 2. The van der Waals surface area contributed by atoms with Gasteiger partial charge in [-0.3, -0.25) is 9.69 Å². The maximum atomic E-state index is 12.9. The topological polar surface area (TPSA) is 67.9 Å². The number of nitrogens with zero attached hydrogens (tertiary/aromatic N) is 1. The summed E-state index contributed by atoms with van der Waals surface area (Å²) in [5.41, 5.74) is 4.33. The third-order valence-electron chi connectivity index (χ3n) is 6.00. The second-order valence-electron chi connectivity index (χ2n) is 7.88. The SMILES string of the molecule is COC(=O)C1=C(C)NC2=C(C(=O)CCC2)[C@H]1c1cc(CN2CCOCC2)c(C)s1. The van der Waals surface area contributed by atoms with E-state index < -0.39 is 0 Å². The summed E-state index contributed by atoms with van der Waals surface area (Å²) in [6.45, 7) is 8.28. The number of hydrogen-bond donors (Lipinski definition) is 1. The predicted octanol–water partition coefficient (Wildman–Crippen LogP) is 3.03. The van der Waals surface area contributed by atoms with E-state index in [0.29, 0.717) is 12.0 Å². The molecule has 7 heteroatoms. The standard InChI is InChI=1S/C22H28N2O4S/c1-13-19(22(26)27-3)21(20-16(23-13)5-4-6-17(20)25)18-11-15(14(2)29-18)12-24-7-9-28-10-8-24/h11,21,23H,4-10,12H2,1-3H3/t21-/m0/s1. The Morgan fingerprint density at radius 3 is 2.79 bits per heavy atom. The van der Waals surface area contributed by atoms with Crippen LogP contribution in [0.4, 0.5) is 0 Å². The summed E-state index contributed by atoms with van der Waals surface area (Å²) >= 11 is 1.69. The molecule has 156 valence electrons. The van der Waals surface area contributed by atoms with Crippen LogP contribution in [0.2, 0.25) is 0 Å². The molecule has 2 aliphatic heterocycles. The number of Topliss-reactive ketones (excluding diaryl/α,β-unsaturated/α-hetero) is 1. The summed E-state index contributed by atoms with van der Waals surface area (Å²) in [6.07, 6.45) is 2.23. The van der Waals surface area contributed by atoms with Crippen LogP contribution in [0.15, 0.2) is 28.6 Å². The van der Waals surface area contributed by atoms with Crippen LogP contribution in [0.1, 0.15) is 47.4 Å². The number of hydrogen-bond acceptors (Lipinski definition) is 7. The van der Waals surface area contributed by atoms with Gasteiger partial charge in [-0.05, 0) is 38.3 Å². The first-order valence-corrected chi connectivity index (χ1v) is 11.0. The van der Waals surface area contributed by atoms with Crippen LogP contribution in [-0.4, -0.2) is 50.1 Å². The second-order valence-corrected chi connectivity index (χ2v) is 9.16. The van der Waals surface area contributed by atoms with E-state index in [1.165, 1.54) is 17.6 Å². The molecule has 29 heavy (non-hydrogen) atoms. The average molecular weight is 417 g/mol. The van der Waals surface area contributed by atoms with Crippen molar-refractivity contribution in [3.8, 4) is 0 Å². The Morgan fingerprint density at radius 2 is 2.07 bits per heavy atom. The Balaban J connectivity index is 1.73. The molecular formula is C22H28N2O4S. The number of rotatable bonds is 4. The average Bonchev–Trinajstić information content (AvgIpc) is 3.07. The number of thiophene rings is 1. The first kappa shape index (κ1) is 20.3. The molecule has 1 saturated heterocycles. The van der Waals surface area contributed by atoms with Gasteiger partial charge in [0.05, 0.1) is 31.8 Å². The Morgan fingerprint density at radius 1 is 1.31 bits per heavy atom. The summed E-state index contributed by atoms with van der Waals surface area (Å²) in [5, 5.41) is 3.32. The Kier molecular flexibility index (Phi) is 5.90. The normalized spacial score (nSPS) is 23.1. The van der Waals surface area contributed by atoms with E-state index in [-0.39, 0.29) is 17.7 Å². The van der Waals surface area contributed by atoms with Crippen LogP contribution in [-0.2, 0) is 25.6 Å². The highest BCUT2D eigenvalue weighted by molar-refractivity contribution is 7.12. The molecule has 0 saturated carbocycles. The van der Waals surface area contributed by atoms with Gasteiger partial charge in [-0.1, -0.05) is 0 Å².